The van der Waals surface area contributed by atoms with Crippen LogP contribution < -0.4 is 5.73 Å². The van der Waals surface area contributed by atoms with E-state index in [0.717, 1.165) is 19.3 Å². The van der Waals surface area contributed by atoms with Crippen LogP contribution in [0.1, 0.15) is 33.8 Å². The number of nitrogens with two attached hydrogens (primary N) is 1. The molecule has 2 rings (SSSR count). The predicted octanol–water partition coefficient (Wildman–Crippen LogP) is 2.34. The van der Waals surface area contributed by atoms with Crippen LogP contribution in [0.3, 0.4) is 0 Å². The van der Waals surface area contributed by atoms with Crippen LogP contribution in [0.25, 0.3) is 0 Å². The van der Waals surface area contributed by atoms with Crippen molar-refractivity contribution < 1.29 is 9.72 Å². The molecule has 1 saturated heterocycles. The predicted molar refractivity (Wildman–Crippen MR) is 80.7 cm³/mol. The Morgan fingerprint density at radius 3 is 2.85 bits per heavy atom. The third kappa shape index (κ3) is 3.28. The molecule has 1 unspecified atom stereocenters. The number of aryl methyl sites for hydroxylation is 1. The van der Waals surface area contributed by atoms with Crippen molar-refractivity contribution in [2.75, 3.05) is 13.1 Å². The monoisotopic (exact) mass is 319 g/mol. The van der Waals surface area contributed by atoms with Gasteiger partial charge in [0.1, 0.15) is 0 Å². The lowest BCUT2D eigenvalue weighted by Gasteiger charge is -2.34. The summed E-state index contributed by atoms with van der Waals surface area (Å²) in [7, 11) is 0. The van der Waals surface area contributed by atoms with Crippen molar-refractivity contribution in [2.45, 2.75) is 32.2 Å². The Morgan fingerprint density at radius 1 is 1.60 bits per heavy atom. The minimum absolute atomic E-state index is 0. The lowest BCUT2D eigenvalue weighted by atomic mass is 10.0. The van der Waals surface area contributed by atoms with E-state index in [4.69, 9.17) is 5.73 Å². The number of piperidine rings is 1. The average Bonchev–Trinajstić information content (AvgIpc) is 2.80. The highest BCUT2D eigenvalue weighted by molar-refractivity contribution is 7.14. The molecule has 112 valence electrons. The molecule has 0 aromatic carbocycles. The molecule has 0 aliphatic carbocycles. The maximum absolute atomic E-state index is 12.4. The topological polar surface area (TPSA) is 89.5 Å². The van der Waals surface area contributed by atoms with Gasteiger partial charge < -0.3 is 10.6 Å². The number of nitrogens with zero attached hydrogens (tertiary/aromatic N) is 2. The number of carbonyl (C=O) groups is 1. The Balaban J connectivity index is 0.00000200. The van der Waals surface area contributed by atoms with Crippen molar-refractivity contribution in [1.82, 2.24) is 4.90 Å². The minimum Gasteiger partial charge on any atom is -0.334 e. The van der Waals surface area contributed by atoms with E-state index < -0.39 is 4.92 Å². The van der Waals surface area contributed by atoms with Crippen LogP contribution in [0, 0.1) is 17.0 Å². The number of halogens is 1. The lowest BCUT2D eigenvalue weighted by molar-refractivity contribution is -0.385. The summed E-state index contributed by atoms with van der Waals surface area (Å²) in [6.45, 7) is 2.79. The van der Waals surface area contributed by atoms with Crippen molar-refractivity contribution in [3.05, 3.63) is 25.9 Å². The molecule has 20 heavy (non-hydrogen) atoms. The largest absolute Gasteiger partial charge is 0.334 e. The molecular formula is C12H18ClN3O3S. The Hall–Kier alpha value is -1.18. The first kappa shape index (κ1) is 16.9. The van der Waals surface area contributed by atoms with E-state index >= 15 is 0 Å². The molecule has 1 aliphatic heterocycles. The minimum atomic E-state index is -0.445. The van der Waals surface area contributed by atoms with Gasteiger partial charge in [0, 0.05) is 25.2 Å². The Morgan fingerprint density at radius 2 is 2.30 bits per heavy atom. The smallest absolute Gasteiger partial charge is 0.283 e. The average molecular weight is 320 g/mol. The maximum Gasteiger partial charge on any atom is 0.283 e. The molecule has 0 saturated carbocycles. The van der Waals surface area contributed by atoms with Crippen LogP contribution in [-0.2, 0) is 0 Å². The van der Waals surface area contributed by atoms with Gasteiger partial charge >= 0.3 is 0 Å². The normalized spacial score (nSPS) is 18.5. The molecule has 2 heterocycles. The van der Waals surface area contributed by atoms with Gasteiger partial charge in [-0.25, -0.2) is 0 Å². The Bertz CT molecular complexity index is 506. The van der Waals surface area contributed by atoms with Crippen LogP contribution in [0.2, 0.25) is 0 Å². The van der Waals surface area contributed by atoms with Crippen LogP contribution in [0.15, 0.2) is 6.07 Å². The molecule has 1 fully saturated rings. The fourth-order valence-corrected chi connectivity index (χ4v) is 3.36. The highest BCUT2D eigenvalue weighted by Gasteiger charge is 2.29. The molecule has 1 amide bonds. The molecule has 0 bridgehead atoms. The van der Waals surface area contributed by atoms with Gasteiger partial charge in [-0.1, -0.05) is 0 Å². The Labute approximate surface area is 127 Å². The molecule has 0 radical (unpaired) electrons. The summed E-state index contributed by atoms with van der Waals surface area (Å²) < 4.78 is 0. The highest BCUT2D eigenvalue weighted by Crippen LogP contribution is 2.30. The lowest BCUT2D eigenvalue weighted by Crippen LogP contribution is -2.47. The number of hydrogen-bond acceptors (Lipinski definition) is 5. The van der Waals surface area contributed by atoms with Crippen molar-refractivity contribution in [3.63, 3.8) is 0 Å². The molecule has 1 aromatic rings. The summed E-state index contributed by atoms with van der Waals surface area (Å²) in [5.41, 5.74) is 5.72. The van der Waals surface area contributed by atoms with E-state index in [9.17, 15) is 14.9 Å². The van der Waals surface area contributed by atoms with Crippen LogP contribution in [0.5, 0.6) is 0 Å². The first-order chi connectivity index (χ1) is 9.04. The van der Waals surface area contributed by atoms with Crippen molar-refractivity contribution >= 4 is 35.3 Å². The van der Waals surface area contributed by atoms with Crippen LogP contribution >= 0.6 is 23.7 Å². The number of likely N-dealkylation sites (tertiary alicyclic amines) is 1. The molecular weight excluding hydrogens is 302 g/mol. The van der Waals surface area contributed by atoms with Crippen LogP contribution in [0.4, 0.5) is 5.69 Å². The van der Waals surface area contributed by atoms with E-state index in [-0.39, 0.29) is 30.0 Å². The SMILES string of the molecule is Cc1sc(C(=O)N2CCCCC2CN)cc1[N+](=O)[O-].Cl. The van der Waals surface area contributed by atoms with Gasteiger partial charge in [0.15, 0.2) is 0 Å². The number of carbonyl (C=O) groups excluding carboxylic acids is 1. The first-order valence-electron chi connectivity index (χ1n) is 6.30. The fraction of sp³-hybridized carbons (Fsp3) is 0.583. The van der Waals surface area contributed by atoms with E-state index in [2.05, 4.69) is 0 Å². The fourth-order valence-electron chi connectivity index (χ4n) is 2.41. The number of nitro groups is 1. The number of thiophene rings is 1. The second kappa shape index (κ2) is 7.01. The molecule has 1 aromatic heterocycles. The van der Waals surface area contributed by atoms with Crippen molar-refractivity contribution in [2.24, 2.45) is 5.73 Å². The maximum atomic E-state index is 12.4. The summed E-state index contributed by atoms with van der Waals surface area (Å²) in [5, 5.41) is 10.8. The Kier molecular flexibility index (Phi) is 5.91. The van der Waals surface area contributed by atoms with Crippen molar-refractivity contribution in [3.8, 4) is 0 Å². The zero-order valence-electron chi connectivity index (χ0n) is 11.2. The molecule has 8 heteroatoms. The third-order valence-electron chi connectivity index (χ3n) is 3.46. The van der Waals surface area contributed by atoms with E-state index in [1.807, 2.05) is 0 Å². The summed E-state index contributed by atoms with van der Waals surface area (Å²) in [4.78, 5) is 25.6. The second-order valence-electron chi connectivity index (χ2n) is 4.69. The van der Waals surface area contributed by atoms with E-state index in [1.165, 1.54) is 17.4 Å². The number of amides is 1. The van der Waals surface area contributed by atoms with Gasteiger partial charge in [0.2, 0.25) is 0 Å². The number of hydrogen-bond donors (Lipinski definition) is 1. The molecule has 2 N–H and O–H groups in total. The summed E-state index contributed by atoms with van der Waals surface area (Å²) in [6, 6.07) is 1.44. The van der Waals surface area contributed by atoms with E-state index in [1.54, 1.807) is 11.8 Å². The van der Waals surface area contributed by atoms with Gasteiger partial charge in [-0.2, -0.15) is 0 Å². The first-order valence-corrected chi connectivity index (χ1v) is 7.12. The van der Waals surface area contributed by atoms with Gasteiger partial charge in [0.25, 0.3) is 11.6 Å². The van der Waals surface area contributed by atoms with Crippen LogP contribution in [-0.4, -0.2) is 34.9 Å². The zero-order chi connectivity index (χ0) is 14.0. The highest BCUT2D eigenvalue weighted by atomic mass is 35.5. The summed E-state index contributed by atoms with van der Waals surface area (Å²) in [5.74, 6) is -0.128. The van der Waals surface area contributed by atoms with Gasteiger partial charge in [-0.05, 0) is 26.2 Å². The summed E-state index contributed by atoms with van der Waals surface area (Å²) in [6.07, 6.45) is 2.96. The molecule has 1 aliphatic rings. The quantitative estimate of drug-likeness (QED) is 0.684. The zero-order valence-corrected chi connectivity index (χ0v) is 12.8. The van der Waals surface area contributed by atoms with Gasteiger partial charge in [0.05, 0.1) is 14.7 Å². The molecule has 6 nitrogen and oxygen atoms in total. The number of rotatable bonds is 3. The standard InChI is InChI=1S/C12H17N3O3S.ClH/c1-8-10(15(17)18)6-11(19-8)12(16)14-5-3-2-4-9(14)7-13;/h6,9H,2-5,7,13H2,1H3;1H. The molecule has 1 atom stereocenters. The van der Waals surface area contributed by atoms with Crippen molar-refractivity contribution in [1.29, 1.82) is 0 Å². The van der Waals surface area contributed by atoms with E-state index in [0.29, 0.717) is 22.8 Å². The summed E-state index contributed by atoms with van der Waals surface area (Å²) >= 11 is 1.18. The van der Waals surface area contributed by atoms with Gasteiger partial charge in [-0.15, -0.1) is 23.7 Å². The third-order valence-corrected chi connectivity index (χ3v) is 4.49. The molecule has 0 spiro atoms. The van der Waals surface area contributed by atoms with Gasteiger partial charge in [-0.3, -0.25) is 14.9 Å². The second-order valence-corrected chi connectivity index (χ2v) is 5.95.